The van der Waals surface area contributed by atoms with E-state index in [9.17, 15) is 4.79 Å². The maximum atomic E-state index is 12.6. The van der Waals surface area contributed by atoms with E-state index < -0.39 is 0 Å². The third kappa shape index (κ3) is 4.20. The first-order valence-electron chi connectivity index (χ1n) is 8.22. The first kappa shape index (κ1) is 16.6. The third-order valence-corrected chi connectivity index (χ3v) is 3.76. The molecule has 25 heavy (non-hydrogen) atoms. The summed E-state index contributed by atoms with van der Waals surface area (Å²) < 4.78 is 0. The molecule has 5 nitrogen and oxygen atoms in total. The normalized spacial score (nSPS) is 10.3. The summed E-state index contributed by atoms with van der Waals surface area (Å²) in [6.07, 6.45) is 0.847. The standard InChI is InChI=1S/C20H20N4O/c1-3-15-9-7-8-12-17(15)24-20(25)18-13-19(22-14(2)21-18)23-16-10-5-4-6-11-16/h4-13H,3H2,1-2H3,(H,24,25)(H,21,22,23). The topological polar surface area (TPSA) is 66.9 Å². The number of carbonyl (C=O) groups excluding carboxylic acids is 1. The van der Waals surface area contributed by atoms with E-state index >= 15 is 0 Å². The van der Waals surface area contributed by atoms with Gasteiger partial charge in [0.15, 0.2) is 0 Å². The summed E-state index contributed by atoms with van der Waals surface area (Å²) in [4.78, 5) is 21.2. The fourth-order valence-electron chi connectivity index (χ4n) is 2.55. The number of amides is 1. The van der Waals surface area contributed by atoms with Crippen molar-refractivity contribution in [3.63, 3.8) is 0 Å². The number of hydrogen-bond acceptors (Lipinski definition) is 4. The Hall–Kier alpha value is -3.21. The molecule has 0 aliphatic rings. The molecule has 0 unspecified atom stereocenters. The zero-order valence-electron chi connectivity index (χ0n) is 14.3. The first-order valence-corrected chi connectivity index (χ1v) is 8.22. The van der Waals surface area contributed by atoms with Crippen LogP contribution in [0.1, 0.15) is 28.8 Å². The number of para-hydroxylation sites is 2. The fraction of sp³-hybridized carbons (Fsp3) is 0.150. The molecule has 0 saturated heterocycles. The molecule has 1 aromatic heterocycles. The second-order valence-electron chi connectivity index (χ2n) is 5.64. The van der Waals surface area contributed by atoms with Crippen molar-refractivity contribution in [3.8, 4) is 0 Å². The van der Waals surface area contributed by atoms with Gasteiger partial charge < -0.3 is 10.6 Å². The second kappa shape index (κ2) is 7.57. The number of benzene rings is 2. The number of nitrogens with one attached hydrogen (secondary N) is 2. The molecule has 2 aromatic carbocycles. The molecule has 0 spiro atoms. The number of carbonyl (C=O) groups is 1. The highest BCUT2D eigenvalue weighted by Crippen LogP contribution is 2.18. The molecular formula is C20H20N4O. The molecule has 3 aromatic rings. The van der Waals surface area contributed by atoms with E-state index in [1.165, 1.54) is 0 Å². The van der Waals surface area contributed by atoms with Crippen molar-refractivity contribution in [1.29, 1.82) is 0 Å². The SMILES string of the molecule is CCc1ccccc1NC(=O)c1cc(Nc2ccccc2)nc(C)n1. The smallest absolute Gasteiger partial charge is 0.274 e. The van der Waals surface area contributed by atoms with Crippen LogP contribution in [-0.4, -0.2) is 15.9 Å². The number of aryl methyl sites for hydroxylation is 2. The average molecular weight is 332 g/mol. The highest BCUT2D eigenvalue weighted by molar-refractivity contribution is 6.03. The Kier molecular flexibility index (Phi) is 5.04. The Labute approximate surface area is 147 Å². The van der Waals surface area contributed by atoms with E-state index in [0.717, 1.165) is 23.4 Å². The van der Waals surface area contributed by atoms with E-state index in [1.807, 2.05) is 54.6 Å². The van der Waals surface area contributed by atoms with Gasteiger partial charge in [0.25, 0.3) is 5.91 Å². The van der Waals surface area contributed by atoms with Crippen LogP contribution in [-0.2, 0) is 6.42 Å². The highest BCUT2D eigenvalue weighted by atomic mass is 16.1. The van der Waals surface area contributed by atoms with E-state index in [4.69, 9.17) is 0 Å². The summed E-state index contributed by atoms with van der Waals surface area (Å²) in [5, 5.41) is 6.13. The van der Waals surface area contributed by atoms with Gasteiger partial charge in [-0.3, -0.25) is 4.79 Å². The number of hydrogen-bond donors (Lipinski definition) is 2. The molecule has 0 radical (unpaired) electrons. The molecule has 0 aliphatic carbocycles. The van der Waals surface area contributed by atoms with Crippen LogP contribution in [0, 0.1) is 6.92 Å². The minimum atomic E-state index is -0.248. The minimum absolute atomic E-state index is 0.248. The monoisotopic (exact) mass is 332 g/mol. The van der Waals surface area contributed by atoms with Gasteiger partial charge in [0.05, 0.1) is 0 Å². The summed E-state index contributed by atoms with van der Waals surface area (Å²) >= 11 is 0. The lowest BCUT2D eigenvalue weighted by Gasteiger charge is -2.11. The van der Waals surface area contributed by atoms with E-state index in [-0.39, 0.29) is 5.91 Å². The van der Waals surface area contributed by atoms with Gasteiger partial charge in [0.1, 0.15) is 17.3 Å². The third-order valence-electron chi connectivity index (χ3n) is 3.76. The van der Waals surface area contributed by atoms with Crippen LogP contribution in [0.2, 0.25) is 0 Å². The van der Waals surface area contributed by atoms with Crippen molar-refractivity contribution in [3.05, 3.63) is 77.7 Å². The number of rotatable bonds is 5. The Morgan fingerprint density at radius 3 is 2.48 bits per heavy atom. The van der Waals surface area contributed by atoms with Crippen molar-refractivity contribution >= 4 is 23.1 Å². The van der Waals surface area contributed by atoms with Gasteiger partial charge in [-0.25, -0.2) is 9.97 Å². The van der Waals surface area contributed by atoms with Crippen LogP contribution in [0.5, 0.6) is 0 Å². The zero-order chi connectivity index (χ0) is 17.6. The van der Waals surface area contributed by atoms with Gasteiger partial charge in [0, 0.05) is 17.4 Å². The molecule has 5 heteroatoms. The van der Waals surface area contributed by atoms with Crippen molar-refractivity contribution in [2.45, 2.75) is 20.3 Å². The maximum absolute atomic E-state index is 12.6. The van der Waals surface area contributed by atoms with Crippen LogP contribution in [0.4, 0.5) is 17.2 Å². The lowest BCUT2D eigenvalue weighted by molar-refractivity contribution is 0.102. The lowest BCUT2D eigenvalue weighted by atomic mass is 10.1. The number of anilines is 3. The van der Waals surface area contributed by atoms with E-state index in [2.05, 4.69) is 27.5 Å². The van der Waals surface area contributed by atoms with Gasteiger partial charge >= 0.3 is 0 Å². The van der Waals surface area contributed by atoms with Gasteiger partial charge in [0.2, 0.25) is 0 Å². The predicted molar refractivity (Wildman–Crippen MR) is 100 cm³/mol. The van der Waals surface area contributed by atoms with Crippen LogP contribution < -0.4 is 10.6 Å². The molecule has 0 bridgehead atoms. The molecule has 3 rings (SSSR count). The molecule has 1 heterocycles. The number of nitrogens with zero attached hydrogens (tertiary/aromatic N) is 2. The van der Waals surface area contributed by atoms with Crippen molar-refractivity contribution < 1.29 is 4.79 Å². The second-order valence-corrected chi connectivity index (χ2v) is 5.64. The van der Waals surface area contributed by atoms with Crippen molar-refractivity contribution in [2.75, 3.05) is 10.6 Å². The quantitative estimate of drug-likeness (QED) is 0.729. The first-order chi connectivity index (χ1) is 12.2. The lowest BCUT2D eigenvalue weighted by Crippen LogP contribution is -2.16. The summed E-state index contributed by atoms with van der Waals surface area (Å²) in [5.74, 6) is 0.880. The molecular weight excluding hydrogens is 312 g/mol. The summed E-state index contributed by atoms with van der Waals surface area (Å²) in [5.41, 5.74) is 3.13. The molecule has 0 fully saturated rings. The fourth-order valence-corrected chi connectivity index (χ4v) is 2.55. The summed E-state index contributed by atoms with van der Waals surface area (Å²) in [7, 11) is 0. The average Bonchev–Trinajstić information content (AvgIpc) is 2.62. The highest BCUT2D eigenvalue weighted by Gasteiger charge is 2.12. The minimum Gasteiger partial charge on any atom is -0.340 e. The van der Waals surface area contributed by atoms with Crippen molar-refractivity contribution in [2.24, 2.45) is 0 Å². The van der Waals surface area contributed by atoms with Gasteiger partial charge in [-0.15, -0.1) is 0 Å². The molecule has 126 valence electrons. The van der Waals surface area contributed by atoms with Gasteiger partial charge in [-0.2, -0.15) is 0 Å². The Bertz CT molecular complexity index is 878. The largest absolute Gasteiger partial charge is 0.340 e. The van der Waals surface area contributed by atoms with Crippen molar-refractivity contribution in [1.82, 2.24) is 9.97 Å². The molecule has 1 amide bonds. The molecule has 0 aliphatic heterocycles. The maximum Gasteiger partial charge on any atom is 0.274 e. The zero-order valence-corrected chi connectivity index (χ0v) is 14.3. The summed E-state index contributed by atoms with van der Waals surface area (Å²) in [6, 6.07) is 19.1. The van der Waals surface area contributed by atoms with Crippen LogP contribution in [0.15, 0.2) is 60.7 Å². The van der Waals surface area contributed by atoms with Crippen LogP contribution >= 0.6 is 0 Å². The Morgan fingerprint density at radius 2 is 1.72 bits per heavy atom. The Balaban J connectivity index is 1.83. The molecule has 0 atom stereocenters. The van der Waals surface area contributed by atoms with Gasteiger partial charge in [-0.05, 0) is 37.1 Å². The van der Waals surface area contributed by atoms with E-state index in [0.29, 0.717) is 17.3 Å². The van der Waals surface area contributed by atoms with Gasteiger partial charge in [-0.1, -0.05) is 43.3 Å². The van der Waals surface area contributed by atoms with E-state index in [1.54, 1.807) is 13.0 Å². The van der Waals surface area contributed by atoms with Crippen LogP contribution in [0.25, 0.3) is 0 Å². The Morgan fingerprint density at radius 1 is 1.00 bits per heavy atom. The molecule has 0 saturated carbocycles. The van der Waals surface area contributed by atoms with Crippen LogP contribution in [0.3, 0.4) is 0 Å². The summed E-state index contributed by atoms with van der Waals surface area (Å²) in [6.45, 7) is 3.83. The number of aromatic nitrogens is 2. The predicted octanol–water partition coefficient (Wildman–Crippen LogP) is 4.34. The molecule has 2 N–H and O–H groups in total.